The number of amides is 1. The van der Waals surface area contributed by atoms with Crippen molar-refractivity contribution in [3.63, 3.8) is 0 Å². The number of hydrogen-bond donors (Lipinski definition) is 2. The van der Waals surface area contributed by atoms with Crippen LogP contribution in [0.1, 0.15) is 25.8 Å². The normalized spacial score (nSPS) is 11.6. The fourth-order valence-electron chi connectivity index (χ4n) is 1.60. The van der Waals surface area contributed by atoms with E-state index in [2.05, 4.69) is 10.6 Å². The van der Waals surface area contributed by atoms with E-state index in [1.54, 1.807) is 45.2 Å². The molecule has 0 fully saturated rings. The molecule has 0 heterocycles. The van der Waals surface area contributed by atoms with E-state index >= 15 is 0 Å². The van der Waals surface area contributed by atoms with Gasteiger partial charge in [-0.05, 0) is 38.6 Å². The lowest BCUT2D eigenvalue weighted by atomic mass is 10.2. The molecule has 2 N–H and O–H groups in total. The molecular formula is C14H22N2O3S. The Kier molecular flexibility index (Phi) is 6.16. The minimum absolute atomic E-state index is 0.00904. The largest absolute Gasteiger partial charge is 0.326 e. The van der Waals surface area contributed by atoms with Crippen molar-refractivity contribution in [2.75, 3.05) is 18.9 Å². The highest BCUT2D eigenvalue weighted by Gasteiger charge is 2.16. The van der Waals surface area contributed by atoms with Crippen LogP contribution in [0, 0.1) is 0 Å². The molecule has 0 aliphatic carbocycles. The molecule has 0 spiro atoms. The van der Waals surface area contributed by atoms with Crippen LogP contribution in [0.15, 0.2) is 24.3 Å². The number of carbonyl (C=O) groups is 1. The first-order valence-electron chi connectivity index (χ1n) is 6.60. The van der Waals surface area contributed by atoms with Gasteiger partial charge in [0.2, 0.25) is 5.91 Å². The molecular weight excluding hydrogens is 276 g/mol. The van der Waals surface area contributed by atoms with Crippen LogP contribution in [0.25, 0.3) is 0 Å². The van der Waals surface area contributed by atoms with E-state index < -0.39 is 15.1 Å². The second-order valence-electron chi connectivity index (χ2n) is 4.96. The summed E-state index contributed by atoms with van der Waals surface area (Å²) in [5.74, 6) is -0.103. The number of rotatable bonds is 7. The van der Waals surface area contributed by atoms with E-state index in [0.717, 1.165) is 0 Å². The lowest BCUT2D eigenvalue weighted by Gasteiger charge is -2.10. The van der Waals surface area contributed by atoms with Gasteiger partial charge in [0.25, 0.3) is 0 Å². The van der Waals surface area contributed by atoms with Gasteiger partial charge in [0, 0.05) is 18.7 Å². The summed E-state index contributed by atoms with van der Waals surface area (Å²) in [7, 11) is -1.35. The summed E-state index contributed by atoms with van der Waals surface area (Å²) in [4.78, 5) is 11.6. The number of carbonyl (C=O) groups excluding carboxylic acids is 1. The highest BCUT2D eigenvalue weighted by molar-refractivity contribution is 7.91. The average molecular weight is 298 g/mol. The first-order valence-corrected chi connectivity index (χ1v) is 8.31. The number of hydrogen-bond acceptors (Lipinski definition) is 4. The molecule has 1 amide bonds. The molecule has 0 radical (unpaired) electrons. The summed E-state index contributed by atoms with van der Waals surface area (Å²) in [6.45, 7) is 3.94. The van der Waals surface area contributed by atoms with Crippen molar-refractivity contribution >= 4 is 21.4 Å². The van der Waals surface area contributed by atoms with Gasteiger partial charge in [0.05, 0.1) is 11.0 Å². The van der Waals surface area contributed by atoms with E-state index in [0.29, 0.717) is 24.2 Å². The van der Waals surface area contributed by atoms with Gasteiger partial charge in [0.15, 0.2) is 9.84 Å². The minimum atomic E-state index is -3.13. The first-order chi connectivity index (χ1) is 9.35. The Morgan fingerprint density at radius 3 is 2.60 bits per heavy atom. The van der Waals surface area contributed by atoms with Gasteiger partial charge in [-0.25, -0.2) is 8.42 Å². The maximum Gasteiger partial charge on any atom is 0.225 e. The predicted molar refractivity (Wildman–Crippen MR) is 81.4 cm³/mol. The summed E-state index contributed by atoms with van der Waals surface area (Å²) < 4.78 is 23.8. The zero-order valence-electron chi connectivity index (χ0n) is 12.1. The minimum Gasteiger partial charge on any atom is -0.326 e. The molecule has 0 saturated carbocycles. The van der Waals surface area contributed by atoms with Gasteiger partial charge >= 0.3 is 0 Å². The van der Waals surface area contributed by atoms with Gasteiger partial charge in [0.1, 0.15) is 0 Å². The molecule has 6 heteroatoms. The maximum absolute atomic E-state index is 11.9. The quantitative estimate of drug-likeness (QED) is 0.801. The van der Waals surface area contributed by atoms with Crippen molar-refractivity contribution in [1.82, 2.24) is 5.32 Å². The SMILES string of the molecule is CNCCC(=O)Nc1cccc(CS(=O)(=O)C(C)C)c1. The molecule has 1 rings (SSSR count). The lowest BCUT2D eigenvalue weighted by molar-refractivity contribution is -0.116. The van der Waals surface area contributed by atoms with Gasteiger partial charge in [-0.15, -0.1) is 0 Å². The van der Waals surface area contributed by atoms with E-state index in [1.807, 2.05) is 0 Å². The Hall–Kier alpha value is -1.40. The summed E-state index contributed by atoms with van der Waals surface area (Å²) in [6, 6.07) is 6.96. The molecule has 5 nitrogen and oxygen atoms in total. The third kappa shape index (κ3) is 5.30. The third-order valence-electron chi connectivity index (χ3n) is 2.90. The van der Waals surface area contributed by atoms with E-state index in [4.69, 9.17) is 0 Å². The molecule has 0 aliphatic rings. The number of sulfone groups is 1. The standard InChI is InChI=1S/C14H22N2O3S/c1-11(2)20(18,19)10-12-5-4-6-13(9-12)16-14(17)7-8-15-3/h4-6,9,11,15H,7-8,10H2,1-3H3,(H,16,17). The van der Waals surface area contributed by atoms with Crippen LogP contribution in [-0.2, 0) is 20.4 Å². The highest BCUT2D eigenvalue weighted by Crippen LogP contribution is 2.15. The number of nitrogens with one attached hydrogen (secondary N) is 2. The number of anilines is 1. The second kappa shape index (κ2) is 7.40. The average Bonchev–Trinajstić information content (AvgIpc) is 2.36. The van der Waals surface area contributed by atoms with Crippen molar-refractivity contribution in [3.8, 4) is 0 Å². The number of benzene rings is 1. The van der Waals surface area contributed by atoms with Crippen LogP contribution in [0.2, 0.25) is 0 Å². The lowest BCUT2D eigenvalue weighted by Crippen LogP contribution is -2.19. The molecule has 0 atom stereocenters. The Morgan fingerprint density at radius 1 is 1.30 bits per heavy atom. The predicted octanol–water partition coefficient (Wildman–Crippen LogP) is 1.56. The fraction of sp³-hybridized carbons (Fsp3) is 0.500. The molecule has 0 bridgehead atoms. The topological polar surface area (TPSA) is 75.3 Å². The molecule has 1 aromatic rings. The Morgan fingerprint density at radius 2 is 2.00 bits per heavy atom. The summed E-state index contributed by atoms with van der Waals surface area (Å²) in [6.07, 6.45) is 0.380. The highest BCUT2D eigenvalue weighted by atomic mass is 32.2. The zero-order chi connectivity index (χ0) is 15.2. The van der Waals surface area contributed by atoms with E-state index in [9.17, 15) is 13.2 Å². The van der Waals surface area contributed by atoms with Crippen LogP contribution < -0.4 is 10.6 Å². The Bertz CT molecular complexity index is 553. The molecule has 20 heavy (non-hydrogen) atoms. The summed E-state index contributed by atoms with van der Waals surface area (Å²) in [5, 5.41) is 5.25. The third-order valence-corrected chi connectivity index (χ3v) is 5.07. The van der Waals surface area contributed by atoms with Crippen LogP contribution >= 0.6 is 0 Å². The van der Waals surface area contributed by atoms with Crippen LogP contribution in [0.4, 0.5) is 5.69 Å². The summed E-state index contributed by atoms with van der Waals surface area (Å²) >= 11 is 0. The zero-order valence-corrected chi connectivity index (χ0v) is 13.0. The van der Waals surface area contributed by atoms with E-state index in [-0.39, 0.29) is 11.7 Å². The second-order valence-corrected chi connectivity index (χ2v) is 7.52. The van der Waals surface area contributed by atoms with Gasteiger partial charge in [-0.2, -0.15) is 0 Å². The van der Waals surface area contributed by atoms with Crippen molar-refractivity contribution in [2.45, 2.75) is 31.3 Å². The molecule has 0 aromatic heterocycles. The Balaban J connectivity index is 2.74. The van der Waals surface area contributed by atoms with Crippen molar-refractivity contribution in [2.24, 2.45) is 0 Å². The van der Waals surface area contributed by atoms with Crippen LogP contribution in [0.5, 0.6) is 0 Å². The smallest absolute Gasteiger partial charge is 0.225 e. The van der Waals surface area contributed by atoms with Crippen LogP contribution in [-0.4, -0.2) is 33.2 Å². The maximum atomic E-state index is 11.9. The monoisotopic (exact) mass is 298 g/mol. The van der Waals surface area contributed by atoms with Crippen molar-refractivity contribution < 1.29 is 13.2 Å². The molecule has 0 aliphatic heterocycles. The molecule has 0 unspecified atom stereocenters. The van der Waals surface area contributed by atoms with Gasteiger partial charge in [-0.1, -0.05) is 12.1 Å². The van der Waals surface area contributed by atoms with Gasteiger partial charge < -0.3 is 10.6 Å². The molecule has 1 aromatic carbocycles. The molecule has 112 valence electrons. The molecule has 0 saturated heterocycles. The fourth-order valence-corrected chi connectivity index (χ4v) is 2.58. The Labute approximate surface area is 120 Å². The summed E-state index contributed by atoms with van der Waals surface area (Å²) in [5.41, 5.74) is 1.31. The van der Waals surface area contributed by atoms with Crippen molar-refractivity contribution in [3.05, 3.63) is 29.8 Å². The van der Waals surface area contributed by atoms with Crippen molar-refractivity contribution in [1.29, 1.82) is 0 Å². The van der Waals surface area contributed by atoms with Crippen LogP contribution in [0.3, 0.4) is 0 Å². The van der Waals surface area contributed by atoms with Gasteiger partial charge in [-0.3, -0.25) is 4.79 Å². The first kappa shape index (κ1) is 16.7. The van der Waals surface area contributed by atoms with E-state index in [1.165, 1.54) is 0 Å².